The lowest BCUT2D eigenvalue weighted by Gasteiger charge is -2.20. The SMILES string of the molecule is CCN(CCC(=O)Nc1ccccc1)Cc1ccccc1. The Morgan fingerprint density at radius 1 is 1.00 bits per heavy atom. The Morgan fingerprint density at radius 2 is 1.62 bits per heavy atom. The van der Waals surface area contributed by atoms with Gasteiger partial charge in [0.15, 0.2) is 0 Å². The van der Waals surface area contributed by atoms with E-state index in [9.17, 15) is 4.79 Å². The van der Waals surface area contributed by atoms with Crippen LogP contribution in [0.4, 0.5) is 5.69 Å². The van der Waals surface area contributed by atoms with E-state index >= 15 is 0 Å². The molecule has 0 aromatic heterocycles. The molecule has 1 amide bonds. The molecule has 0 spiro atoms. The molecule has 0 radical (unpaired) electrons. The molecule has 0 saturated carbocycles. The Morgan fingerprint density at radius 3 is 2.24 bits per heavy atom. The van der Waals surface area contributed by atoms with Gasteiger partial charge in [0.1, 0.15) is 0 Å². The van der Waals surface area contributed by atoms with Gasteiger partial charge in [0.2, 0.25) is 5.91 Å². The maximum absolute atomic E-state index is 11.9. The topological polar surface area (TPSA) is 32.3 Å². The van der Waals surface area contributed by atoms with Gasteiger partial charge in [0.05, 0.1) is 0 Å². The summed E-state index contributed by atoms with van der Waals surface area (Å²) in [4.78, 5) is 14.2. The van der Waals surface area contributed by atoms with Gasteiger partial charge in [-0.1, -0.05) is 55.5 Å². The fourth-order valence-corrected chi connectivity index (χ4v) is 2.20. The fraction of sp³-hybridized carbons (Fsp3) is 0.278. The zero-order valence-corrected chi connectivity index (χ0v) is 12.5. The molecule has 0 aliphatic rings. The zero-order chi connectivity index (χ0) is 14.9. The summed E-state index contributed by atoms with van der Waals surface area (Å²) >= 11 is 0. The molecule has 0 aliphatic heterocycles. The molecule has 0 bridgehead atoms. The van der Waals surface area contributed by atoms with Crippen molar-refractivity contribution in [3.05, 3.63) is 66.2 Å². The predicted octanol–water partition coefficient (Wildman–Crippen LogP) is 3.54. The number of amides is 1. The van der Waals surface area contributed by atoms with Gasteiger partial charge in [-0.05, 0) is 24.2 Å². The van der Waals surface area contributed by atoms with Crippen LogP contribution in [0.25, 0.3) is 0 Å². The van der Waals surface area contributed by atoms with Gasteiger partial charge in [-0.2, -0.15) is 0 Å². The van der Waals surface area contributed by atoms with Crippen LogP contribution in [0.1, 0.15) is 18.9 Å². The fourth-order valence-electron chi connectivity index (χ4n) is 2.20. The zero-order valence-electron chi connectivity index (χ0n) is 12.5. The summed E-state index contributed by atoms with van der Waals surface area (Å²) in [6.45, 7) is 4.71. The molecule has 0 saturated heterocycles. The lowest BCUT2D eigenvalue weighted by atomic mass is 10.2. The van der Waals surface area contributed by atoms with E-state index in [1.807, 2.05) is 48.5 Å². The highest BCUT2D eigenvalue weighted by molar-refractivity contribution is 5.90. The molecular weight excluding hydrogens is 260 g/mol. The second kappa shape index (κ2) is 8.22. The highest BCUT2D eigenvalue weighted by atomic mass is 16.1. The summed E-state index contributed by atoms with van der Waals surface area (Å²) in [6, 6.07) is 19.9. The summed E-state index contributed by atoms with van der Waals surface area (Å²) < 4.78 is 0. The maximum Gasteiger partial charge on any atom is 0.225 e. The molecule has 110 valence electrons. The van der Waals surface area contributed by atoms with Crippen molar-refractivity contribution < 1.29 is 4.79 Å². The summed E-state index contributed by atoms with van der Waals surface area (Å²) in [5.74, 6) is 0.0627. The van der Waals surface area contributed by atoms with E-state index in [4.69, 9.17) is 0 Å². The first-order chi connectivity index (χ1) is 10.3. The molecule has 0 atom stereocenters. The monoisotopic (exact) mass is 282 g/mol. The van der Waals surface area contributed by atoms with Crippen LogP contribution in [-0.4, -0.2) is 23.9 Å². The molecule has 0 heterocycles. The van der Waals surface area contributed by atoms with Gasteiger partial charge in [0.25, 0.3) is 0 Å². The Balaban J connectivity index is 1.79. The van der Waals surface area contributed by atoms with Gasteiger partial charge in [-0.15, -0.1) is 0 Å². The molecule has 3 nitrogen and oxygen atoms in total. The van der Waals surface area contributed by atoms with Crippen LogP contribution in [0, 0.1) is 0 Å². The van der Waals surface area contributed by atoms with Crippen molar-refractivity contribution in [2.75, 3.05) is 18.4 Å². The standard InChI is InChI=1S/C18H22N2O/c1-2-20(15-16-9-5-3-6-10-16)14-13-18(21)19-17-11-7-4-8-12-17/h3-12H,2,13-15H2,1H3,(H,19,21). The number of para-hydroxylation sites is 1. The van der Waals surface area contributed by atoms with Crippen LogP contribution in [0.3, 0.4) is 0 Å². The highest BCUT2D eigenvalue weighted by Crippen LogP contribution is 2.07. The minimum absolute atomic E-state index is 0.0627. The van der Waals surface area contributed by atoms with Gasteiger partial charge in [-0.3, -0.25) is 9.69 Å². The van der Waals surface area contributed by atoms with Gasteiger partial charge in [-0.25, -0.2) is 0 Å². The van der Waals surface area contributed by atoms with Crippen molar-refractivity contribution in [1.29, 1.82) is 0 Å². The Bertz CT molecular complexity index is 540. The van der Waals surface area contributed by atoms with Crippen molar-refractivity contribution in [2.24, 2.45) is 0 Å². The van der Waals surface area contributed by atoms with Crippen LogP contribution >= 0.6 is 0 Å². The second-order valence-corrected chi connectivity index (χ2v) is 5.02. The molecule has 2 aromatic rings. The van der Waals surface area contributed by atoms with E-state index in [0.29, 0.717) is 6.42 Å². The summed E-state index contributed by atoms with van der Waals surface area (Å²) in [5.41, 5.74) is 2.14. The van der Waals surface area contributed by atoms with Crippen LogP contribution in [0.5, 0.6) is 0 Å². The lowest BCUT2D eigenvalue weighted by molar-refractivity contribution is -0.116. The predicted molar refractivity (Wildman–Crippen MR) is 87.1 cm³/mol. The number of hydrogen-bond donors (Lipinski definition) is 1. The van der Waals surface area contributed by atoms with Crippen molar-refractivity contribution in [2.45, 2.75) is 19.9 Å². The first-order valence-electron chi connectivity index (χ1n) is 7.39. The minimum Gasteiger partial charge on any atom is -0.326 e. The van der Waals surface area contributed by atoms with Crippen LogP contribution in [0.15, 0.2) is 60.7 Å². The van der Waals surface area contributed by atoms with Crippen LogP contribution in [-0.2, 0) is 11.3 Å². The molecule has 1 N–H and O–H groups in total. The van der Waals surface area contributed by atoms with Crippen LogP contribution < -0.4 is 5.32 Å². The Hall–Kier alpha value is -2.13. The van der Waals surface area contributed by atoms with Crippen molar-refractivity contribution in [1.82, 2.24) is 4.90 Å². The number of rotatable bonds is 7. The van der Waals surface area contributed by atoms with E-state index in [2.05, 4.69) is 29.3 Å². The summed E-state index contributed by atoms with van der Waals surface area (Å²) in [7, 11) is 0. The summed E-state index contributed by atoms with van der Waals surface area (Å²) in [6.07, 6.45) is 0.509. The number of nitrogens with one attached hydrogen (secondary N) is 1. The molecule has 2 aromatic carbocycles. The first kappa shape index (κ1) is 15.3. The number of carbonyl (C=O) groups excluding carboxylic acids is 1. The normalized spacial score (nSPS) is 10.6. The third-order valence-electron chi connectivity index (χ3n) is 3.41. The van der Waals surface area contributed by atoms with Crippen molar-refractivity contribution in [3.8, 4) is 0 Å². The first-order valence-corrected chi connectivity index (χ1v) is 7.39. The van der Waals surface area contributed by atoms with E-state index in [1.54, 1.807) is 0 Å². The molecule has 21 heavy (non-hydrogen) atoms. The smallest absolute Gasteiger partial charge is 0.225 e. The van der Waals surface area contributed by atoms with Gasteiger partial charge < -0.3 is 5.32 Å². The number of carbonyl (C=O) groups is 1. The molecular formula is C18H22N2O. The molecule has 0 fully saturated rings. The lowest BCUT2D eigenvalue weighted by Crippen LogP contribution is -2.27. The van der Waals surface area contributed by atoms with E-state index < -0.39 is 0 Å². The number of nitrogens with zero attached hydrogens (tertiary/aromatic N) is 1. The minimum atomic E-state index is 0.0627. The maximum atomic E-state index is 11.9. The van der Waals surface area contributed by atoms with E-state index in [1.165, 1.54) is 5.56 Å². The molecule has 3 heteroatoms. The number of hydrogen-bond acceptors (Lipinski definition) is 2. The highest BCUT2D eigenvalue weighted by Gasteiger charge is 2.07. The van der Waals surface area contributed by atoms with Crippen LogP contribution in [0.2, 0.25) is 0 Å². The Labute approximate surface area is 126 Å². The molecule has 0 aliphatic carbocycles. The van der Waals surface area contributed by atoms with Crippen molar-refractivity contribution >= 4 is 11.6 Å². The second-order valence-electron chi connectivity index (χ2n) is 5.02. The average molecular weight is 282 g/mol. The third-order valence-corrected chi connectivity index (χ3v) is 3.41. The quantitative estimate of drug-likeness (QED) is 0.842. The summed E-state index contributed by atoms with van der Waals surface area (Å²) in [5, 5.41) is 2.92. The third kappa shape index (κ3) is 5.40. The number of benzene rings is 2. The average Bonchev–Trinajstić information content (AvgIpc) is 2.53. The number of anilines is 1. The van der Waals surface area contributed by atoms with Crippen molar-refractivity contribution in [3.63, 3.8) is 0 Å². The largest absolute Gasteiger partial charge is 0.326 e. The Kier molecular flexibility index (Phi) is 5.98. The molecule has 2 rings (SSSR count). The molecule has 0 unspecified atom stereocenters. The van der Waals surface area contributed by atoms with Gasteiger partial charge >= 0.3 is 0 Å². The van der Waals surface area contributed by atoms with Gasteiger partial charge in [0, 0.05) is 25.2 Å². The van der Waals surface area contributed by atoms with E-state index in [0.717, 1.165) is 25.3 Å². The van der Waals surface area contributed by atoms with E-state index in [-0.39, 0.29) is 5.91 Å².